The molecule has 1 N–H and O–H groups in total. The zero-order chi connectivity index (χ0) is 31.3. The lowest BCUT2D eigenvalue weighted by molar-refractivity contribution is -0.129. The number of carbonyl (C=O) groups is 2. The number of nitrogens with zero attached hydrogens (tertiary/aromatic N) is 4. The Balaban J connectivity index is 1.63. The predicted molar refractivity (Wildman–Crippen MR) is 170 cm³/mol. The van der Waals surface area contributed by atoms with E-state index < -0.39 is 11.9 Å². The van der Waals surface area contributed by atoms with Gasteiger partial charge < -0.3 is 24.8 Å². The van der Waals surface area contributed by atoms with Gasteiger partial charge in [-0.2, -0.15) is 0 Å². The molecule has 0 amide bonds. The maximum absolute atomic E-state index is 12.8. The van der Waals surface area contributed by atoms with Crippen molar-refractivity contribution in [3.8, 4) is 11.5 Å². The van der Waals surface area contributed by atoms with Gasteiger partial charge in [0.1, 0.15) is 11.4 Å². The number of carbonyl (C=O) groups excluding carboxylic acids is 2. The van der Waals surface area contributed by atoms with Crippen LogP contribution in [0.4, 0.5) is 22.7 Å². The summed E-state index contributed by atoms with van der Waals surface area (Å²) < 4.78 is 11.1. The Bertz CT molecular complexity index is 1650. The molecular weight excluding hydrogens is 560 g/mol. The van der Waals surface area contributed by atoms with Crippen molar-refractivity contribution in [3.05, 3.63) is 126 Å². The van der Waals surface area contributed by atoms with Crippen molar-refractivity contribution in [3.63, 3.8) is 0 Å². The number of rotatable bonds is 12. The highest BCUT2D eigenvalue weighted by Gasteiger charge is 2.14. The molecular formula is C34H31N4O6-. The van der Waals surface area contributed by atoms with Crippen LogP contribution in [0.25, 0.3) is 12.2 Å². The summed E-state index contributed by atoms with van der Waals surface area (Å²) in [6.45, 7) is 5.50. The van der Waals surface area contributed by atoms with E-state index in [9.17, 15) is 20.0 Å². The zero-order valence-electron chi connectivity index (χ0n) is 24.2. The number of azo groups is 1. The van der Waals surface area contributed by atoms with Gasteiger partial charge in [0.2, 0.25) is 0 Å². The Hall–Kier alpha value is -5.58. The molecule has 0 radical (unpaired) electrons. The Morgan fingerprint density at radius 1 is 0.705 bits per heavy atom. The van der Waals surface area contributed by atoms with Gasteiger partial charge in [0.15, 0.2) is 11.5 Å². The maximum atomic E-state index is 12.8. The Morgan fingerprint density at radius 3 is 1.57 bits per heavy atom. The van der Waals surface area contributed by atoms with Gasteiger partial charge in [0.05, 0.1) is 5.69 Å². The molecule has 0 aromatic heterocycles. The highest BCUT2D eigenvalue weighted by Crippen LogP contribution is 2.37. The third-order valence-electron chi connectivity index (χ3n) is 6.35. The van der Waals surface area contributed by atoms with Crippen LogP contribution in [-0.4, -0.2) is 30.2 Å². The van der Waals surface area contributed by atoms with E-state index in [2.05, 4.69) is 15.1 Å². The molecule has 0 aliphatic carbocycles. The molecule has 0 fully saturated rings. The molecule has 0 aliphatic rings. The molecule has 0 saturated carbocycles. The summed E-state index contributed by atoms with van der Waals surface area (Å²) >= 11 is 0. The SMILES string of the molecule is CCN(CC)c1ccc(N=Nc2ccc(N([O-])O)cc2OC(=O)/C=C/c2ccccc2)c(OC(=O)/C=C/c2ccccc2)c1. The minimum atomic E-state index is -0.735. The van der Waals surface area contributed by atoms with Crippen LogP contribution >= 0.6 is 0 Å². The summed E-state index contributed by atoms with van der Waals surface area (Å²) in [7, 11) is 0. The van der Waals surface area contributed by atoms with E-state index in [1.165, 1.54) is 24.3 Å². The van der Waals surface area contributed by atoms with Crippen LogP contribution in [0, 0.1) is 5.21 Å². The number of ether oxygens (including phenoxy) is 2. The van der Waals surface area contributed by atoms with Crippen molar-refractivity contribution in [2.45, 2.75) is 13.8 Å². The van der Waals surface area contributed by atoms with Gasteiger partial charge in [0.25, 0.3) is 0 Å². The zero-order valence-corrected chi connectivity index (χ0v) is 24.2. The van der Waals surface area contributed by atoms with Crippen LogP contribution in [0.3, 0.4) is 0 Å². The smallest absolute Gasteiger partial charge is 0.336 e. The average molecular weight is 592 g/mol. The fourth-order valence-corrected chi connectivity index (χ4v) is 4.09. The number of hydrogen-bond donors (Lipinski definition) is 1. The normalized spacial score (nSPS) is 11.3. The molecule has 0 heterocycles. The lowest BCUT2D eigenvalue weighted by atomic mass is 10.2. The third kappa shape index (κ3) is 8.96. The highest BCUT2D eigenvalue weighted by molar-refractivity contribution is 5.90. The van der Waals surface area contributed by atoms with Crippen LogP contribution in [0.5, 0.6) is 11.5 Å². The lowest BCUT2D eigenvalue weighted by Crippen LogP contribution is -2.21. The first kappa shape index (κ1) is 31.4. The molecule has 10 heteroatoms. The largest absolute Gasteiger partial charge is 0.733 e. The van der Waals surface area contributed by atoms with Crippen LogP contribution in [0.15, 0.2) is 119 Å². The average Bonchev–Trinajstić information content (AvgIpc) is 3.04. The Kier molecular flexibility index (Phi) is 11.1. The van der Waals surface area contributed by atoms with Crippen molar-refractivity contribution in [2.75, 3.05) is 23.2 Å². The summed E-state index contributed by atoms with van der Waals surface area (Å²) in [4.78, 5) is 27.4. The number of anilines is 2. The van der Waals surface area contributed by atoms with E-state index >= 15 is 0 Å². The summed E-state index contributed by atoms with van der Waals surface area (Å²) in [6, 6.07) is 27.5. The number of esters is 2. The van der Waals surface area contributed by atoms with Crippen molar-refractivity contribution < 1.29 is 24.3 Å². The van der Waals surface area contributed by atoms with Gasteiger partial charge in [-0.3, -0.25) is 5.21 Å². The first-order valence-electron chi connectivity index (χ1n) is 13.9. The van der Waals surface area contributed by atoms with Crippen molar-refractivity contribution in [1.29, 1.82) is 0 Å². The van der Waals surface area contributed by atoms with Gasteiger partial charge in [-0.15, -0.1) is 10.2 Å². The molecule has 4 aromatic carbocycles. The monoisotopic (exact) mass is 591 g/mol. The molecule has 0 aliphatic heterocycles. The fraction of sp³-hybridized carbons (Fsp3) is 0.118. The van der Waals surface area contributed by atoms with Gasteiger partial charge in [-0.05, 0) is 61.4 Å². The minimum absolute atomic E-state index is 0.0890. The standard InChI is InChI=1S/C34H31N4O6/c1-3-37(4-2)27-17-19-29(31(23-27)43-33(39)21-15-25-11-7-5-8-12-25)35-36-30-20-18-28(38(41)42)24-32(30)44-34(40)22-16-26-13-9-6-10-14-26/h5-24,41H,3-4H2,1-2H3/q-1/b21-15+,22-16+,36-35?. The second-order valence-electron chi connectivity index (χ2n) is 9.28. The third-order valence-corrected chi connectivity index (χ3v) is 6.35. The Labute approximate surface area is 255 Å². The van der Waals surface area contributed by atoms with E-state index in [0.717, 1.165) is 36.0 Å². The summed E-state index contributed by atoms with van der Waals surface area (Å²) in [5.74, 6) is -1.29. The first-order valence-corrected chi connectivity index (χ1v) is 13.9. The van der Waals surface area contributed by atoms with Crippen LogP contribution < -0.4 is 19.6 Å². The number of benzene rings is 4. The van der Waals surface area contributed by atoms with E-state index in [0.29, 0.717) is 0 Å². The van der Waals surface area contributed by atoms with Crippen molar-refractivity contribution in [2.24, 2.45) is 10.2 Å². The summed E-state index contributed by atoms with van der Waals surface area (Å²) in [5, 5.41) is 29.1. The molecule has 44 heavy (non-hydrogen) atoms. The molecule has 4 aromatic rings. The highest BCUT2D eigenvalue weighted by atomic mass is 16.8. The first-order chi connectivity index (χ1) is 21.4. The lowest BCUT2D eigenvalue weighted by Gasteiger charge is -2.22. The van der Waals surface area contributed by atoms with Gasteiger partial charge in [-0.25, -0.2) is 9.59 Å². The van der Waals surface area contributed by atoms with E-state index in [1.807, 2.05) is 80.6 Å². The second kappa shape index (κ2) is 15.6. The van der Waals surface area contributed by atoms with Crippen LogP contribution in [0.2, 0.25) is 0 Å². The maximum Gasteiger partial charge on any atom is 0.336 e. The quantitative estimate of drug-likeness (QED) is 0.0579. The van der Waals surface area contributed by atoms with Crippen molar-refractivity contribution in [1.82, 2.24) is 0 Å². The fourth-order valence-electron chi connectivity index (χ4n) is 4.09. The topological polar surface area (TPSA) is 127 Å². The van der Waals surface area contributed by atoms with Gasteiger partial charge in [-0.1, -0.05) is 60.7 Å². The van der Waals surface area contributed by atoms with Crippen molar-refractivity contribution >= 4 is 46.8 Å². The van der Waals surface area contributed by atoms with Crippen LogP contribution in [-0.2, 0) is 9.59 Å². The van der Waals surface area contributed by atoms with E-state index in [-0.39, 0.29) is 33.8 Å². The minimum Gasteiger partial charge on any atom is -0.733 e. The van der Waals surface area contributed by atoms with Crippen LogP contribution in [0.1, 0.15) is 25.0 Å². The van der Waals surface area contributed by atoms with E-state index in [1.54, 1.807) is 24.3 Å². The summed E-state index contributed by atoms with van der Waals surface area (Å²) in [6.07, 6.45) is 5.77. The number of hydrogen-bond acceptors (Lipinski definition) is 10. The molecule has 0 saturated heterocycles. The Morgan fingerprint density at radius 2 is 1.14 bits per heavy atom. The summed E-state index contributed by atoms with van der Waals surface area (Å²) in [5.41, 5.74) is 2.60. The molecule has 0 atom stereocenters. The molecule has 10 nitrogen and oxygen atoms in total. The van der Waals surface area contributed by atoms with E-state index in [4.69, 9.17) is 9.47 Å². The molecule has 224 valence electrons. The molecule has 0 unspecified atom stereocenters. The molecule has 4 rings (SSSR count). The second-order valence-corrected chi connectivity index (χ2v) is 9.28. The molecule has 0 bridgehead atoms. The molecule has 0 spiro atoms. The van der Waals surface area contributed by atoms with Gasteiger partial charge >= 0.3 is 11.9 Å². The van der Waals surface area contributed by atoms with Gasteiger partial charge in [0, 0.05) is 43.1 Å². The predicted octanol–water partition coefficient (Wildman–Crippen LogP) is 7.88.